The lowest BCUT2D eigenvalue weighted by molar-refractivity contribution is -0.153. The Morgan fingerprint density at radius 2 is 1.76 bits per heavy atom. The predicted octanol–water partition coefficient (Wildman–Crippen LogP) is 0.0984. The second-order valence-corrected chi connectivity index (χ2v) is 10.4. The number of nitrogens with zero attached hydrogens (tertiary/aromatic N) is 2. The van der Waals surface area contributed by atoms with Crippen molar-refractivity contribution >= 4 is 29.0 Å². The SMILES string of the molecule is CN(C)CCC(=O)c1ccc(O)c2c1CC1CC3C(N(C)C)C(=O)C(C(N)=O)=C(O)C3(O)C(=O)C1=C2O. The molecule has 11 nitrogen and oxygen atoms in total. The van der Waals surface area contributed by atoms with Crippen LogP contribution in [-0.2, 0) is 20.8 Å². The molecule has 0 bridgehead atoms. The molecule has 1 amide bonds. The van der Waals surface area contributed by atoms with Gasteiger partial charge in [-0.3, -0.25) is 24.1 Å². The van der Waals surface area contributed by atoms with Crippen LogP contribution in [0.15, 0.2) is 29.0 Å². The predicted molar refractivity (Wildman–Crippen MR) is 132 cm³/mol. The van der Waals surface area contributed by atoms with Gasteiger partial charge in [-0.15, -0.1) is 0 Å². The molecule has 1 fully saturated rings. The van der Waals surface area contributed by atoms with Crippen molar-refractivity contribution in [1.29, 1.82) is 0 Å². The number of aliphatic hydroxyl groups is 3. The molecule has 1 saturated carbocycles. The minimum atomic E-state index is -2.70. The second kappa shape index (κ2) is 9.09. The number of ketones is 3. The molecule has 4 atom stereocenters. The van der Waals surface area contributed by atoms with Gasteiger partial charge >= 0.3 is 0 Å². The van der Waals surface area contributed by atoms with Gasteiger partial charge in [-0.05, 0) is 64.6 Å². The molecule has 0 heterocycles. The van der Waals surface area contributed by atoms with E-state index in [0.717, 1.165) is 0 Å². The largest absolute Gasteiger partial charge is 0.508 e. The van der Waals surface area contributed by atoms with Crippen molar-refractivity contribution in [2.24, 2.45) is 17.6 Å². The van der Waals surface area contributed by atoms with Crippen LogP contribution in [0.25, 0.3) is 5.76 Å². The molecule has 0 aliphatic heterocycles. The molecule has 0 radical (unpaired) electrons. The average molecular weight is 514 g/mol. The molecule has 0 saturated heterocycles. The number of fused-ring (bicyclic) bond motifs is 3. The summed E-state index contributed by atoms with van der Waals surface area (Å²) < 4.78 is 0. The Balaban J connectivity index is 1.91. The number of hydrogen-bond donors (Lipinski definition) is 5. The first kappa shape index (κ1) is 26.5. The third-order valence-electron chi connectivity index (χ3n) is 7.69. The van der Waals surface area contributed by atoms with E-state index in [1.165, 1.54) is 31.1 Å². The molecule has 1 aromatic carbocycles. The van der Waals surface area contributed by atoms with Crippen molar-refractivity contribution in [2.75, 3.05) is 34.7 Å². The van der Waals surface area contributed by atoms with Gasteiger partial charge in [-0.25, -0.2) is 0 Å². The lowest BCUT2D eigenvalue weighted by atomic mass is 9.57. The molecular formula is C26H31N3O8. The number of carbonyl (C=O) groups is 4. The van der Waals surface area contributed by atoms with Crippen molar-refractivity contribution < 1.29 is 39.6 Å². The van der Waals surface area contributed by atoms with Gasteiger partial charge in [0.15, 0.2) is 17.2 Å². The van der Waals surface area contributed by atoms with Crippen LogP contribution in [-0.4, -0.2) is 99.9 Å². The van der Waals surface area contributed by atoms with Gasteiger partial charge in [0.25, 0.3) is 5.91 Å². The number of likely N-dealkylation sites (N-methyl/N-ethyl adjacent to an activating group) is 1. The van der Waals surface area contributed by atoms with Gasteiger partial charge in [0, 0.05) is 30.0 Å². The first-order valence-corrected chi connectivity index (χ1v) is 11.9. The van der Waals surface area contributed by atoms with E-state index in [9.17, 15) is 39.6 Å². The van der Waals surface area contributed by atoms with Crippen LogP contribution >= 0.6 is 0 Å². The van der Waals surface area contributed by atoms with Gasteiger partial charge in [-0.1, -0.05) is 0 Å². The molecule has 4 rings (SSSR count). The summed E-state index contributed by atoms with van der Waals surface area (Å²) in [5, 5.41) is 44.3. The third-order valence-corrected chi connectivity index (χ3v) is 7.69. The second-order valence-electron chi connectivity index (χ2n) is 10.4. The Kier molecular flexibility index (Phi) is 6.51. The van der Waals surface area contributed by atoms with Crippen LogP contribution in [0.1, 0.15) is 34.3 Å². The molecule has 0 spiro atoms. The topological polar surface area (TPSA) is 182 Å². The van der Waals surface area contributed by atoms with Crippen molar-refractivity contribution in [3.05, 3.63) is 45.7 Å². The summed E-state index contributed by atoms with van der Waals surface area (Å²) >= 11 is 0. The number of benzene rings is 1. The zero-order valence-corrected chi connectivity index (χ0v) is 21.1. The molecule has 3 aliphatic carbocycles. The molecule has 6 N–H and O–H groups in total. The van der Waals surface area contributed by atoms with Crippen LogP contribution in [0.4, 0.5) is 0 Å². The number of Topliss-reactive ketones (excluding diaryl/α,β-unsaturated/α-hetero) is 3. The molecule has 3 aliphatic rings. The number of rotatable bonds is 6. The standard InChI is InChI=1S/C26H31N3O8/c1-28(2)8-7-15(30)12-5-6-16(31)18-13(12)9-11-10-14-20(29(3)4)22(33)19(25(27)36)24(35)26(14,37)23(34)17(11)21(18)32/h5-6,11,14,20,31-32,35,37H,7-10H2,1-4H3,(H2,27,36). The summed E-state index contributed by atoms with van der Waals surface area (Å²) in [7, 11) is 6.73. The number of hydrogen-bond acceptors (Lipinski definition) is 10. The number of primary amides is 1. The third kappa shape index (κ3) is 3.85. The van der Waals surface area contributed by atoms with Gasteiger partial charge in [0.1, 0.15) is 22.8 Å². The Hall–Kier alpha value is -3.54. The van der Waals surface area contributed by atoms with Gasteiger partial charge in [0.2, 0.25) is 5.78 Å². The molecule has 1 aromatic rings. The van der Waals surface area contributed by atoms with Crippen molar-refractivity contribution in [2.45, 2.75) is 30.9 Å². The van der Waals surface area contributed by atoms with E-state index < -0.39 is 58.0 Å². The lowest BCUT2D eigenvalue weighted by Crippen LogP contribution is -2.65. The van der Waals surface area contributed by atoms with E-state index in [0.29, 0.717) is 17.7 Å². The summed E-state index contributed by atoms with van der Waals surface area (Å²) in [5.41, 5.74) is 2.09. The van der Waals surface area contributed by atoms with Crippen LogP contribution in [0.5, 0.6) is 5.75 Å². The minimum absolute atomic E-state index is 0.0350. The highest BCUT2D eigenvalue weighted by Gasteiger charge is 2.64. The number of nitrogens with two attached hydrogens (primary N) is 1. The van der Waals surface area contributed by atoms with Crippen LogP contribution in [0.3, 0.4) is 0 Å². The Morgan fingerprint density at radius 1 is 1.11 bits per heavy atom. The fraction of sp³-hybridized carbons (Fsp3) is 0.462. The molecule has 37 heavy (non-hydrogen) atoms. The molecule has 198 valence electrons. The maximum Gasteiger partial charge on any atom is 0.255 e. The van der Waals surface area contributed by atoms with E-state index >= 15 is 0 Å². The molecule has 0 aromatic heterocycles. The Bertz CT molecular complexity index is 1290. The fourth-order valence-corrected chi connectivity index (χ4v) is 5.97. The molecule has 4 unspecified atom stereocenters. The first-order chi connectivity index (χ1) is 17.2. The van der Waals surface area contributed by atoms with E-state index in [4.69, 9.17) is 5.73 Å². The van der Waals surface area contributed by atoms with Crippen molar-refractivity contribution in [1.82, 2.24) is 9.80 Å². The number of amides is 1. The van der Waals surface area contributed by atoms with Gasteiger partial charge in [-0.2, -0.15) is 0 Å². The van der Waals surface area contributed by atoms with Crippen LogP contribution in [0, 0.1) is 11.8 Å². The molecular weight excluding hydrogens is 482 g/mol. The summed E-state index contributed by atoms with van der Waals surface area (Å²) in [6.07, 6.45) is 0.234. The van der Waals surface area contributed by atoms with Gasteiger partial charge < -0.3 is 31.1 Å². The smallest absolute Gasteiger partial charge is 0.255 e. The van der Waals surface area contributed by atoms with Crippen LogP contribution < -0.4 is 5.73 Å². The zero-order chi connectivity index (χ0) is 27.6. The minimum Gasteiger partial charge on any atom is -0.508 e. The summed E-state index contributed by atoms with van der Waals surface area (Å²) in [6.45, 7) is 0.485. The number of aliphatic hydroxyl groups excluding tert-OH is 2. The summed E-state index contributed by atoms with van der Waals surface area (Å²) in [5.74, 6) is -7.41. The average Bonchev–Trinajstić information content (AvgIpc) is 2.79. The number of phenols is 1. The van der Waals surface area contributed by atoms with E-state index in [1.807, 2.05) is 19.0 Å². The van der Waals surface area contributed by atoms with Crippen molar-refractivity contribution in [3.8, 4) is 5.75 Å². The number of phenolic OH excluding ortho intramolecular Hbond substituents is 1. The maximum atomic E-state index is 13.8. The van der Waals surface area contributed by atoms with Crippen LogP contribution in [0.2, 0.25) is 0 Å². The number of aromatic hydroxyl groups is 1. The highest BCUT2D eigenvalue weighted by Crippen LogP contribution is 2.53. The summed E-state index contributed by atoms with van der Waals surface area (Å²) in [6, 6.07) is 1.57. The summed E-state index contributed by atoms with van der Waals surface area (Å²) in [4.78, 5) is 55.3. The number of carbonyl (C=O) groups excluding carboxylic acids is 4. The van der Waals surface area contributed by atoms with E-state index in [1.54, 1.807) is 0 Å². The quantitative estimate of drug-likeness (QED) is 0.258. The Labute approximate surface area is 213 Å². The highest BCUT2D eigenvalue weighted by atomic mass is 16.3. The zero-order valence-electron chi connectivity index (χ0n) is 21.1. The van der Waals surface area contributed by atoms with Gasteiger partial charge in [0.05, 0.1) is 11.6 Å². The van der Waals surface area contributed by atoms with E-state index in [-0.39, 0.29) is 41.9 Å². The maximum absolute atomic E-state index is 13.8. The van der Waals surface area contributed by atoms with E-state index in [2.05, 4.69) is 0 Å². The first-order valence-electron chi connectivity index (χ1n) is 11.9. The monoisotopic (exact) mass is 513 g/mol. The lowest BCUT2D eigenvalue weighted by Gasteiger charge is -2.50. The highest BCUT2D eigenvalue weighted by molar-refractivity contribution is 6.24. The fourth-order valence-electron chi connectivity index (χ4n) is 5.97. The molecule has 11 heteroatoms. The van der Waals surface area contributed by atoms with Crippen molar-refractivity contribution in [3.63, 3.8) is 0 Å². The Morgan fingerprint density at radius 3 is 2.32 bits per heavy atom. The normalized spacial score (nSPS) is 27.4.